The Hall–Kier alpha value is -0.261. The molecule has 0 N–H and O–H groups in total. The van der Waals surface area contributed by atoms with E-state index < -0.39 is 0 Å². The SMILES string of the molecule is c1cc2cc3[se]ccc3cc2[se]1. The Morgan fingerprint density at radius 2 is 1.25 bits per heavy atom. The molecule has 3 rings (SSSR count). The Bertz CT molecular complexity index is 440. The summed E-state index contributed by atoms with van der Waals surface area (Å²) in [7, 11) is 0. The summed E-state index contributed by atoms with van der Waals surface area (Å²) in [6, 6.07) is 9.28. The first-order chi connectivity index (χ1) is 5.93. The van der Waals surface area contributed by atoms with Crippen LogP contribution in [0.2, 0.25) is 0 Å². The predicted molar refractivity (Wildman–Crippen MR) is 55.3 cm³/mol. The van der Waals surface area contributed by atoms with Crippen LogP contribution in [0.1, 0.15) is 0 Å². The van der Waals surface area contributed by atoms with E-state index >= 15 is 0 Å². The number of rotatable bonds is 0. The van der Waals surface area contributed by atoms with Gasteiger partial charge in [-0.25, -0.2) is 0 Å². The van der Waals surface area contributed by atoms with Gasteiger partial charge >= 0.3 is 82.4 Å². The van der Waals surface area contributed by atoms with E-state index in [-0.39, 0.29) is 0 Å². The summed E-state index contributed by atoms with van der Waals surface area (Å²) in [6.45, 7) is 0. The molecule has 2 aromatic heterocycles. The van der Waals surface area contributed by atoms with E-state index in [2.05, 4.69) is 34.1 Å². The number of hydrogen-bond acceptors (Lipinski definition) is 0. The van der Waals surface area contributed by atoms with E-state index in [1.165, 1.54) is 10.8 Å². The van der Waals surface area contributed by atoms with Crippen molar-refractivity contribution in [3.63, 3.8) is 0 Å². The molecule has 0 atom stereocenters. The van der Waals surface area contributed by atoms with Crippen LogP contribution in [-0.4, -0.2) is 29.0 Å². The zero-order valence-electron chi connectivity index (χ0n) is 6.28. The van der Waals surface area contributed by atoms with Gasteiger partial charge < -0.3 is 0 Å². The molecular formula is C10H6Se2. The van der Waals surface area contributed by atoms with Gasteiger partial charge in [-0.15, -0.1) is 0 Å². The molecule has 2 heteroatoms. The molecule has 0 nitrogen and oxygen atoms in total. The maximum absolute atomic E-state index is 2.37. The first-order valence-corrected chi connectivity index (χ1v) is 7.47. The zero-order chi connectivity index (χ0) is 7.97. The molecule has 0 bridgehead atoms. The third-order valence-electron chi connectivity index (χ3n) is 2.03. The Kier molecular flexibility index (Phi) is 1.56. The standard InChI is InChI=1S/C10H6Se2/c1-3-11-9-6-8-2-4-12-10(8)5-7(1)9/h1-6H. The molecule has 0 radical (unpaired) electrons. The van der Waals surface area contributed by atoms with Crippen LogP contribution in [0.25, 0.3) is 19.3 Å². The molecule has 0 aliphatic rings. The summed E-state index contributed by atoms with van der Waals surface area (Å²) in [6.07, 6.45) is 0. The Morgan fingerprint density at radius 3 is 1.75 bits per heavy atom. The molecule has 0 saturated heterocycles. The van der Waals surface area contributed by atoms with Crippen LogP contribution in [-0.2, 0) is 0 Å². The summed E-state index contributed by atoms with van der Waals surface area (Å²) < 4.78 is 3.12. The van der Waals surface area contributed by atoms with Gasteiger partial charge in [-0.2, -0.15) is 0 Å². The molecule has 0 aliphatic heterocycles. The third kappa shape index (κ3) is 0.967. The van der Waals surface area contributed by atoms with Crippen LogP contribution in [0.15, 0.2) is 34.1 Å². The molecule has 0 spiro atoms. The molecule has 0 aliphatic carbocycles. The molecular weight excluding hydrogens is 278 g/mol. The van der Waals surface area contributed by atoms with Crippen LogP contribution in [0.5, 0.6) is 0 Å². The van der Waals surface area contributed by atoms with Gasteiger partial charge in [-0.1, -0.05) is 0 Å². The molecule has 2 heterocycles. The van der Waals surface area contributed by atoms with Gasteiger partial charge in [0.25, 0.3) is 0 Å². The van der Waals surface area contributed by atoms with Crippen molar-refractivity contribution in [3.05, 3.63) is 34.1 Å². The quantitative estimate of drug-likeness (QED) is 0.555. The summed E-state index contributed by atoms with van der Waals surface area (Å²) >= 11 is 1.21. The molecule has 1 aromatic carbocycles. The normalized spacial score (nSPS) is 11.3. The van der Waals surface area contributed by atoms with Gasteiger partial charge in [0.1, 0.15) is 0 Å². The fourth-order valence-electron chi connectivity index (χ4n) is 1.42. The topological polar surface area (TPSA) is 0 Å². The van der Waals surface area contributed by atoms with Crippen molar-refractivity contribution in [2.45, 2.75) is 0 Å². The van der Waals surface area contributed by atoms with E-state index in [1.807, 2.05) is 0 Å². The van der Waals surface area contributed by atoms with E-state index in [0.29, 0.717) is 29.0 Å². The van der Waals surface area contributed by atoms with Gasteiger partial charge in [0.05, 0.1) is 0 Å². The molecule has 0 amide bonds. The van der Waals surface area contributed by atoms with Gasteiger partial charge in [0.15, 0.2) is 0 Å². The van der Waals surface area contributed by atoms with Gasteiger partial charge in [-0.05, 0) is 0 Å². The van der Waals surface area contributed by atoms with Crippen molar-refractivity contribution in [2.75, 3.05) is 0 Å². The van der Waals surface area contributed by atoms with E-state index in [9.17, 15) is 0 Å². The van der Waals surface area contributed by atoms with E-state index in [0.717, 1.165) is 0 Å². The summed E-state index contributed by atoms with van der Waals surface area (Å²) in [5.41, 5.74) is 0. The fraction of sp³-hybridized carbons (Fsp3) is 0. The first-order valence-electron chi connectivity index (χ1n) is 3.78. The van der Waals surface area contributed by atoms with E-state index in [4.69, 9.17) is 0 Å². The van der Waals surface area contributed by atoms with Gasteiger partial charge in [-0.3, -0.25) is 0 Å². The average Bonchev–Trinajstić information content (AvgIpc) is 2.64. The molecule has 58 valence electrons. The average molecular weight is 284 g/mol. The Balaban J connectivity index is 2.62. The number of benzene rings is 1. The second-order valence-electron chi connectivity index (χ2n) is 2.77. The Morgan fingerprint density at radius 1 is 0.750 bits per heavy atom. The summed E-state index contributed by atoms with van der Waals surface area (Å²) in [5, 5.41) is 2.94. The molecule has 3 aromatic rings. The first kappa shape index (κ1) is 7.17. The van der Waals surface area contributed by atoms with Crippen molar-refractivity contribution in [1.29, 1.82) is 0 Å². The maximum atomic E-state index is 2.37. The van der Waals surface area contributed by atoms with Crippen molar-refractivity contribution in [1.82, 2.24) is 0 Å². The number of hydrogen-bond donors (Lipinski definition) is 0. The van der Waals surface area contributed by atoms with Crippen LogP contribution in [0.4, 0.5) is 0 Å². The van der Waals surface area contributed by atoms with Crippen LogP contribution in [0, 0.1) is 0 Å². The molecule has 0 unspecified atom stereocenters. The third-order valence-corrected chi connectivity index (χ3v) is 5.72. The zero-order valence-corrected chi connectivity index (χ0v) is 9.71. The predicted octanol–water partition coefficient (Wildman–Crippen LogP) is 2.11. The van der Waals surface area contributed by atoms with Crippen LogP contribution in [0.3, 0.4) is 0 Å². The minimum absolute atomic E-state index is 0.605. The van der Waals surface area contributed by atoms with Gasteiger partial charge in [0.2, 0.25) is 0 Å². The molecule has 0 saturated carbocycles. The Labute approximate surface area is 82.3 Å². The van der Waals surface area contributed by atoms with Crippen LogP contribution < -0.4 is 0 Å². The second-order valence-corrected chi connectivity index (χ2v) is 6.75. The number of fused-ring (bicyclic) bond motifs is 2. The van der Waals surface area contributed by atoms with Crippen molar-refractivity contribution < 1.29 is 0 Å². The van der Waals surface area contributed by atoms with Crippen molar-refractivity contribution in [3.8, 4) is 0 Å². The van der Waals surface area contributed by atoms with E-state index in [1.54, 1.807) is 8.52 Å². The monoisotopic (exact) mass is 286 g/mol. The van der Waals surface area contributed by atoms with Crippen molar-refractivity contribution in [2.24, 2.45) is 0 Å². The fourth-order valence-corrected chi connectivity index (χ4v) is 4.86. The summed E-state index contributed by atoms with van der Waals surface area (Å²) in [5.74, 6) is 0. The van der Waals surface area contributed by atoms with Crippen molar-refractivity contribution >= 4 is 48.3 Å². The van der Waals surface area contributed by atoms with Gasteiger partial charge in [0, 0.05) is 0 Å². The molecule has 0 fully saturated rings. The minimum atomic E-state index is 0.605. The second kappa shape index (κ2) is 2.61. The van der Waals surface area contributed by atoms with Crippen LogP contribution >= 0.6 is 0 Å². The summed E-state index contributed by atoms with van der Waals surface area (Å²) in [4.78, 5) is 4.62. The molecule has 12 heavy (non-hydrogen) atoms.